The summed E-state index contributed by atoms with van der Waals surface area (Å²) in [6.45, 7) is 3.21. The SMILES string of the molecule is CC1(C)CN(C(=O)c2ccon2)CC[C@H]1C(F)(F)F. The summed E-state index contributed by atoms with van der Waals surface area (Å²) in [5, 5.41) is 3.52. The number of carbonyl (C=O) groups is 1. The molecule has 1 amide bonds. The van der Waals surface area contributed by atoms with Gasteiger partial charge in [0.15, 0.2) is 5.69 Å². The summed E-state index contributed by atoms with van der Waals surface area (Å²) in [4.78, 5) is 13.4. The molecule has 1 atom stereocenters. The molecular formula is C12H15F3N2O2. The third-order valence-corrected chi connectivity index (χ3v) is 3.57. The van der Waals surface area contributed by atoms with E-state index in [0.717, 1.165) is 0 Å². The van der Waals surface area contributed by atoms with Crippen LogP contribution < -0.4 is 0 Å². The van der Waals surface area contributed by atoms with Gasteiger partial charge in [-0.2, -0.15) is 13.2 Å². The number of alkyl halides is 3. The highest BCUT2D eigenvalue weighted by molar-refractivity contribution is 5.92. The average molecular weight is 276 g/mol. The van der Waals surface area contributed by atoms with Gasteiger partial charge < -0.3 is 9.42 Å². The highest BCUT2D eigenvalue weighted by Gasteiger charge is 2.51. The normalized spacial score (nSPS) is 23.4. The number of piperidine rings is 1. The Morgan fingerprint density at radius 1 is 1.53 bits per heavy atom. The number of nitrogens with zero attached hydrogens (tertiary/aromatic N) is 2. The van der Waals surface area contributed by atoms with Crippen molar-refractivity contribution in [1.29, 1.82) is 0 Å². The van der Waals surface area contributed by atoms with Crippen molar-refractivity contribution in [2.24, 2.45) is 11.3 Å². The van der Waals surface area contributed by atoms with Crippen molar-refractivity contribution in [1.82, 2.24) is 10.1 Å². The number of amides is 1. The van der Waals surface area contributed by atoms with Crippen LogP contribution in [0.5, 0.6) is 0 Å². The lowest BCUT2D eigenvalue weighted by Crippen LogP contribution is -2.52. The van der Waals surface area contributed by atoms with Crippen LogP contribution >= 0.6 is 0 Å². The average Bonchev–Trinajstić information content (AvgIpc) is 2.77. The summed E-state index contributed by atoms with van der Waals surface area (Å²) in [6.07, 6.45) is -3.05. The Hall–Kier alpha value is -1.53. The van der Waals surface area contributed by atoms with E-state index in [1.54, 1.807) is 0 Å². The number of aromatic nitrogens is 1. The molecule has 4 nitrogen and oxygen atoms in total. The fourth-order valence-corrected chi connectivity index (χ4v) is 2.62. The molecule has 1 aliphatic rings. The molecule has 1 aliphatic heterocycles. The van der Waals surface area contributed by atoms with Gasteiger partial charge in [-0.3, -0.25) is 4.79 Å². The van der Waals surface area contributed by atoms with Crippen LogP contribution in [0.2, 0.25) is 0 Å². The van der Waals surface area contributed by atoms with E-state index < -0.39 is 17.5 Å². The minimum Gasteiger partial charge on any atom is -0.364 e. The van der Waals surface area contributed by atoms with Gasteiger partial charge in [0.05, 0.1) is 5.92 Å². The van der Waals surface area contributed by atoms with Crippen molar-refractivity contribution in [2.45, 2.75) is 26.4 Å². The van der Waals surface area contributed by atoms with Crippen molar-refractivity contribution in [3.05, 3.63) is 18.0 Å². The molecule has 0 bridgehead atoms. The smallest absolute Gasteiger partial charge is 0.364 e. The van der Waals surface area contributed by atoms with Crippen LogP contribution in [0, 0.1) is 11.3 Å². The first-order valence-electron chi connectivity index (χ1n) is 5.98. The molecular weight excluding hydrogens is 261 g/mol. The monoisotopic (exact) mass is 276 g/mol. The van der Waals surface area contributed by atoms with E-state index in [1.807, 2.05) is 0 Å². The van der Waals surface area contributed by atoms with E-state index in [2.05, 4.69) is 9.68 Å². The Kier molecular flexibility index (Phi) is 3.32. The van der Waals surface area contributed by atoms with Gasteiger partial charge in [-0.15, -0.1) is 0 Å². The summed E-state index contributed by atoms with van der Waals surface area (Å²) >= 11 is 0. The second-order valence-electron chi connectivity index (χ2n) is 5.48. The highest BCUT2D eigenvalue weighted by atomic mass is 19.4. The standard InChI is InChI=1S/C12H15F3N2O2/c1-11(2)7-17(5-3-9(11)12(13,14)15)10(18)8-4-6-19-16-8/h4,6,9H,3,5,7H2,1-2H3/t9-/m1/s1. The molecule has 0 aromatic carbocycles. The van der Waals surface area contributed by atoms with E-state index in [-0.39, 0.29) is 31.1 Å². The predicted molar refractivity (Wildman–Crippen MR) is 60.3 cm³/mol. The minimum absolute atomic E-state index is 0.0584. The minimum atomic E-state index is -4.23. The van der Waals surface area contributed by atoms with Crippen molar-refractivity contribution in [3.63, 3.8) is 0 Å². The van der Waals surface area contributed by atoms with E-state index >= 15 is 0 Å². The van der Waals surface area contributed by atoms with Gasteiger partial charge in [0, 0.05) is 19.2 Å². The second-order valence-corrected chi connectivity index (χ2v) is 5.48. The van der Waals surface area contributed by atoms with Gasteiger partial charge in [0.2, 0.25) is 0 Å². The van der Waals surface area contributed by atoms with Gasteiger partial charge >= 0.3 is 6.18 Å². The van der Waals surface area contributed by atoms with Crippen LogP contribution in [-0.2, 0) is 0 Å². The Labute approximate surface area is 108 Å². The largest absolute Gasteiger partial charge is 0.392 e. The Morgan fingerprint density at radius 2 is 2.21 bits per heavy atom. The van der Waals surface area contributed by atoms with Crippen LogP contribution in [0.15, 0.2) is 16.9 Å². The zero-order chi connectivity index (χ0) is 14.3. The summed E-state index contributed by atoms with van der Waals surface area (Å²) in [5.74, 6) is -1.77. The van der Waals surface area contributed by atoms with Crippen molar-refractivity contribution in [2.75, 3.05) is 13.1 Å². The van der Waals surface area contributed by atoms with Crippen LogP contribution in [0.25, 0.3) is 0 Å². The molecule has 0 spiro atoms. The molecule has 1 saturated heterocycles. The zero-order valence-corrected chi connectivity index (χ0v) is 10.7. The summed E-state index contributed by atoms with van der Waals surface area (Å²) in [6, 6.07) is 1.41. The van der Waals surface area contributed by atoms with Gasteiger partial charge in [0.25, 0.3) is 5.91 Å². The van der Waals surface area contributed by atoms with E-state index in [4.69, 9.17) is 0 Å². The third-order valence-electron chi connectivity index (χ3n) is 3.57. The molecule has 2 rings (SSSR count). The fraction of sp³-hybridized carbons (Fsp3) is 0.667. The maximum atomic E-state index is 12.9. The molecule has 106 valence electrons. The van der Waals surface area contributed by atoms with E-state index in [0.29, 0.717) is 0 Å². The molecule has 19 heavy (non-hydrogen) atoms. The highest BCUT2D eigenvalue weighted by Crippen LogP contribution is 2.45. The molecule has 0 aliphatic carbocycles. The summed E-state index contributed by atoms with van der Waals surface area (Å²) in [5.41, 5.74) is -0.878. The van der Waals surface area contributed by atoms with Crippen LogP contribution in [0.4, 0.5) is 13.2 Å². The Balaban J connectivity index is 2.12. The molecule has 1 aromatic heterocycles. The number of hydrogen-bond donors (Lipinski definition) is 0. The predicted octanol–water partition coefficient (Wildman–Crippen LogP) is 2.73. The molecule has 1 fully saturated rings. The van der Waals surface area contributed by atoms with E-state index in [1.165, 1.54) is 31.1 Å². The number of carbonyl (C=O) groups excluding carboxylic acids is 1. The molecule has 2 heterocycles. The lowest BCUT2D eigenvalue weighted by molar-refractivity contribution is -0.214. The van der Waals surface area contributed by atoms with Gasteiger partial charge in [0.1, 0.15) is 6.26 Å². The number of hydrogen-bond acceptors (Lipinski definition) is 3. The van der Waals surface area contributed by atoms with Gasteiger partial charge in [-0.05, 0) is 11.8 Å². The summed E-state index contributed by atoms with van der Waals surface area (Å²) < 4.78 is 43.3. The molecule has 7 heteroatoms. The third kappa shape index (κ3) is 2.74. The summed E-state index contributed by atoms with van der Waals surface area (Å²) in [7, 11) is 0. The Bertz CT molecular complexity index is 454. The van der Waals surface area contributed by atoms with Crippen LogP contribution in [-0.4, -0.2) is 35.2 Å². The zero-order valence-electron chi connectivity index (χ0n) is 10.7. The quantitative estimate of drug-likeness (QED) is 0.792. The van der Waals surface area contributed by atoms with Crippen molar-refractivity contribution >= 4 is 5.91 Å². The number of likely N-dealkylation sites (tertiary alicyclic amines) is 1. The molecule has 0 N–H and O–H groups in total. The van der Waals surface area contributed by atoms with Crippen molar-refractivity contribution < 1.29 is 22.5 Å². The maximum absolute atomic E-state index is 12.9. The first kappa shape index (κ1) is 13.9. The molecule has 0 radical (unpaired) electrons. The maximum Gasteiger partial charge on any atom is 0.392 e. The first-order chi connectivity index (χ1) is 8.72. The van der Waals surface area contributed by atoms with Crippen molar-refractivity contribution in [3.8, 4) is 0 Å². The fourth-order valence-electron chi connectivity index (χ4n) is 2.62. The van der Waals surface area contributed by atoms with Gasteiger partial charge in [-0.25, -0.2) is 0 Å². The number of rotatable bonds is 1. The first-order valence-corrected chi connectivity index (χ1v) is 5.98. The van der Waals surface area contributed by atoms with Gasteiger partial charge in [-0.1, -0.05) is 19.0 Å². The Morgan fingerprint density at radius 3 is 2.68 bits per heavy atom. The second kappa shape index (κ2) is 4.54. The van der Waals surface area contributed by atoms with Crippen LogP contribution in [0.1, 0.15) is 30.8 Å². The molecule has 0 saturated carbocycles. The number of halogens is 3. The molecule has 0 unspecified atom stereocenters. The van der Waals surface area contributed by atoms with Crippen LogP contribution in [0.3, 0.4) is 0 Å². The van der Waals surface area contributed by atoms with E-state index in [9.17, 15) is 18.0 Å². The lowest BCUT2D eigenvalue weighted by atomic mass is 9.73. The lowest BCUT2D eigenvalue weighted by Gasteiger charge is -2.44. The molecule has 1 aromatic rings. The topological polar surface area (TPSA) is 46.3 Å².